The van der Waals surface area contributed by atoms with Crippen molar-refractivity contribution in [1.82, 2.24) is 9.88 Å². The molecule has 2 rings (SSSR count). The third-order valence-corrected chi connectivity index (χ3v) is 4.37. The molecular formula is C13H18N2O2S. The van der Waals surface area contributed by atoms with Gasteiger partial charge in [-0.15, -0.1) is 11.8 Å². The predicted molar refractivity (Wildman–Crippen MR) is 74.0 cm³/mol. The molecule has 98 valence electrons. The first-order valence-corrected chi connectivity index (χ1v) is 7.30. The molecular weight excluding hydrogens is 248 g/mol. The van der Waals surface area contributed by atoms with Crippen LogP contribution < -0.4 is 5.43 Å². The molecule has 5 heteroatoms. The molecule has 1 atom stereocenters. The predicted octanol–water partition coefficient (Wildman–Crippen LogP) is 2.00. The number of amides is 1. The van der Waals surface area contributed by atoms with Crippen LogP contribution in [0, 0.1) is 6.92 Å². The van der Waals surface area contributed by atoms with Crippen LogP contribution in [0.1, 0.15) is 35.8 Å². The summed E-state index contributed by atoms with van der Waals surface area (Å²) < 4.78 is 0. The summed E-state index contributed by atoms with van der Waals surface area (Å²) in [6.07, 6.45) is 3.57. The third kappa shape index (κ3) is 2.61. The second kappa shape index (κ2) is 5.61. The zero-order valence-electron chi connectivity index (χ0n) is 10.7. The molecule has 1 N–H and O–H groups in total. The number of aryl methyl sites for hydroxylation is 1. The summed E-state index contributed by atoms with van der Waals surface area (Å²) in [4.78, 5) is 29.0. The van der Waals surface area contributed by atoms with E-state index in [1.807, 2.05) is 4.90 Å². The van der Waals surface area contributed by atoms with E-state index in [0.29, 0.717) is 0 Å². The lowest BCUT2D eigenvalue weighted by Crippen LogP contribution is -2.37. The summed E-state index contributed by atoms with van der Waals surface area (Å²) in [5, 5.41) is 0.225. The second-order valence-corrected chi connectivity index (χ2v) is 5.79. The average Bonchev–Trinajstić information content (AvgIpc) is 2.77. The van der Waals surface area contributed by atoms with Crippen LogP contribution in [0.15, 0.2) is 17.1 Å². The molecule has 1 saturated heterocycles. The van der Waals surface area contributed by atoms with Gasteiger partial charge in [-0.3, -0.25) is 9.59 Å². The Bertz CT molecular complexity index is 498. The number of carbonyl (C=O) groups is 1. The average molecular weight is 266 g/mol. The van der Waals surface area contributed by atoms with Gasteiger partial charge < -0.3 is 9.88 Å². The Balaban J connectivity index is 2.22. The van der Waals surface area contributed by atoms with Gasteiger partial charge in [0, 0.05) is 30.3 Å². The van der Waals surface area contributed by atoms with Crippen LogP contribution in [0.4, 0.5) is 0 Å². The highest BCUT2D eigenvalue weighted by atomic mass is 32.2. The topological polar surface area (TPSA) is 53.2 Å². The molecule has 4 nitrogen and oxygen atoms in total. The standard InChI is InChI=1S/C13H18N2O2S/c1-3-4-12-15(5-6-18-12)13(17)10-8-14-9(2)7-11(10)16/h7-8,12H,3-6H2,1-2H3,(H,14,16). The zero-order valence-corrected chi connectivity index (χ0v) is 11.5. The normalized spacial score (nSPS) is 19.2. The van der Waals surface area contributed by atoms with Crippen molar-refractivity contribution in [3.8, 4) is 0 Å². The highest BCUT2D eigenvalue weighted by molar-refractivity contribution is 8.00. The van der Waals surface area contributed by atoms with Crippen molar-refractivity contribution < 1.29 is 4.79 Å². The maximum absolute atomic E-state index is 12.4. The summed E-state index contributed by atoms with van der Waals surface area (Å²) in [6, 6.07) is 1.48. The lowest BCUT2D eigenvalue weighted by atomic mass is 10.2. The Morgan fingerprint density at radius 1 is 1.61 bits per heavy atom. The molecule has 1 aliphatic rings. The number of carbonyl (C=O) groups excluding carboxylic acids is 1. The first-order valence-electron chi connectivity index (χ1n) is 6.25. The van der Waals surface area contributed by atoms with Crippen LogP contribution in [0.25, 0.3) is 0 Å². The number of aromatic nitrogens is 1. The van der Waals surface area contributed by atoms with Gasteiger partial charge in [-0.25, -0.2) is 0 Å². The number of aromatic amines is 1. The minimum Gasteiger partial charge on any atom is -0.364 e. The molecule has 1 aromatic rings. The molecule has 0 aliphatic carbocycles. The Morgan fingerprint density at radius 3 is 3.06 bits per heavy atom. The van der Waals surface area contributed by atoms with Crippen molar-refractivity contribution in [3.05, 3.63) is 33.7 Å². The second-order valence-electron chi connectivity index (χ2n) is 4.51. The van der Waals surface area contributed by atoms with Gasteiger partial charge in [0.2, 0.25) is 0 Å². The smallest absolute Gasteiger partial charge is 0.260 e. The number of H-pyrrole nitrogens is 1. The van der Waals surface area contributed by atoms with Gasteiger partial charge in [-0.2, -0.15) is 0 Å². The molecule has 1 fully saturated rings. The van der Waals surface area contributed by atoms with Gasteiger partial charge in [0.05, 0.1) is 5.37 Å². The largest absolute Gasteiger partial charge is 0.364 e. The SMILES string of the molecule is CCCC1SCCN1C(=O)c1c[nH]c(C)cc1=O. The summed E-state index contributed by atoms with van der Waals surface area (Å²) in [5.41, 5.74) is 0.838. The number of nitrogens with zero attached hydrogens (tertiary/aromatic N) is 1. The Kier molecular flexibility index (Phi) is 4.11. The minimum atomic E-state index is -0.191. The lowest BCUT2D eigenvalue weighted by molar-refractivity contribution is 0.0755. The van der Waals surface area contributed by atoms with Crippen molar-refractivity contribution in [2.45, 2.75) is 32.1 Å². The van der Waals surface area contributed by atoms with Crippen molar-refractivity contribution in [3.63, 3.8) is 0 Å². The summed E-state index contributed by atoms with van der Waals surface area (Å²) >= 11 is 1.80. The number of hydrogen-bond acceptors (Lipinski definition) is 3. The molecule has 1 amide bonds. The molecule has 1 unspecified atom stereocenters. The molecule has 0 spiro atoms. The van der Waals surface area contributed by atoms with E-state index in [-0.39, 0.29) is 22.3 Å². The van der Waals surface area contributed by atoms with E-state index in [9.17, 15) is 9.59 Å². The van der Waals surface area contributed by atoms with Crippen LogP contribution in [0.3, 0.4) is 0 Å². The Hall–Kier alpha value is -1.23. The zero-order chi connectivity index (χ0) is 13.1. The monoisotopic (exact) mass is 266 g/mol. The number of hydrogen-bond donors (Lipinski definition) is 1. The molecule has 0 saturated carbocycles. The summed E-state index contributed by atoms with van der Waals surface area (Å²) in [7, 11) is 0. The molecule has 0 radical (unpaired) electrons. The highest BCUT2D eigenvalue weighted by Gasteiger charge is 2.30. The van der Waals surface area contributed by atoms with Gasteiger partial charge >= 0.3 is 0 Å². The molecule has 1 aromatic heterocycles. The first-order chi connectivity index (χ1) is 8.63. The maximum Gasteiger partial charge on any atom is 0.260 e. The number of nitrogens with one attached hydrogen (secondary N) is 1. The van der Waals surface area contributed by atoms with E-state index >= 15 is 0 Å². The first kappa shape index (κ1) is 13.2. The van der Waals surface area contributed by atoms with Gasteiger partial charge in [-0.1, -0.05) is 13.3 Å². The molecule has 0 bridgehead atoms. The van der Waals surface area contributed by atoms with Gasteiger partial charge in [0.1, 0.15) is 5.56 Å². The van der Waals surface area contributed by atoms with Crippen molar-refractivity contribution in [1.29, 1.82) is 0 Å². The Morgan fingerprint density at radius 2 is 2.39 bits per heavy atom. The van der Waals surface area contributed by atoms with Crippen LogP contribution in [0.5, 0.6) is 0 Å². The van der Waals surface area contributed by atoms with Gasteiger partial charge in [-0.05, 0) is 13.3 Å². The number of pyridine rings is 1. The van der Waals surface area contributed by atoms with Crippen LogP contribution >= 0.6 is 11.8 Å². The van der Waals surface area contributed by atoms with Crippen molar-refractivity contribution >= 4 is 17.7 Å². The van der Waals surface area contributed by atoms with Crippen molar-refractivity contribution in [2.75, 3.05) is 12.3 Å². The lowest BCUT2D eigenvalue weighted by Gasteiger charge is -2.23. The fourth-order valence-corrected chi connectivity index (χ4v) is 3.49. The summed E-state index contributed by atoms with van der Waals surface area (Å²) in [5.74, 6) is 0.819. The fourth-order valence-electron chi connectivity index (χ4n) is 2.13. The highest BCUT2D eigenvalue weighted by Crippen LogP contribution is 2.28. The third-order valence-electron chi connectivity index (χ3n) is 3.07. The van der Waals surface area contributed by atoms with Crippen molar-refractivity contribution in [2.24, 2.45) is 0 Å². The van der Waals surface area contributed by atoms with E-state index in [1.165, 1.54) is 12.3 Å². The van der Waals surface area contributed by atoms with E-state index in [0.717, 1.165) is 30.8 Å². The van der Waals surface area contributed by atoms with Crippen LogP contribution in [0.2, 0.25) is 0 Å². The quantitative estimate of drug-likeness (QED) is 0.910. The van der Waals surface area contributed by atoms with Gasteiger partial charge in [0.15, 0.2) is 5.43 Å². The van der Waals surface area contributed by atoms with Gasteiger partial charge in [0.25, 0.3) is 5.91 Å². The molecule has 0 aromatic carbocycles. The molecule has 18 heavy (non-hydrogen) atoms. The minimum absolute atomic E-state index is 0.139. The van der Waals surface area contributed by atoms with Crippen LogP contribution in [-0.2, 0) is 0 Å². The summed E-state index contributed by atoms with van der Waals surface area (Å²) in [6.45, 7) is 4.66. The number of thioether (sulfide) groups is 1. The van der Waals surface area contributed by atoms with Crippen LogP contribution in [-0.4, -0.2) is 33.5 Å². The molecule has 2 heterocycles. The fraction of sp³-hybridized carbons (Fsp3) is 0.538. The number of rotatable bonds is 3. The van der Waals surface area contributed by atoms with E-state index in [4.69, 9.17) is 0 Å². The van der Waals surface area contributed by atoms with E-state index < -0.39 is 0 Å². The van der Waals surface area contributed by atoms with E-state index in [2.05, 4.69) is 11.9 Å². The maximum atomic E-state index is 12.4. The Labute approximate surface area is 111 Å². The van der Waals surface area contributed by atoms with E-state index in [1.54, 1.807) is 18.7 Å². The molecule has 1 aliphatic heterocycles.